The molecule has 1 aliphatic rings. The predicted molar refractivity (Wildman–Crippen MR) is 129 cm³/mol. The van der Waals surface area contributed by atoms with Crippen LogP contribution in [0, 0.1) is 0 Å². The van der Waals surface area contributed by atoms with Crippen LogP contribution in [-0.2, 0) is 4.74 Å². The summed E-state index contributed by atoms with van der Waals surface area (Å²) in [4.78, 5) is 33.5. The molecule has 4 rings (SSSR count). The van der Waals surface area contributed by atoms with Crippen molar-refractivity contribution in [3.05, 3.63) is 87.5 Å². The second-order valence-corrected chi connectivity index (χ2v) is 8.52. The summed E-state index contributed by atoms with van der Waals surface area (Å²) in [6, 6.07) is 15.5. The van der Waals surface area contributed by atoms with Crippen LogP contribution in [0.5, 0.6) is 0 Å². The number of hydrogen-bond donors (Lipinski definition) is 1. The highest BCUT2D eigenvalue weighted by atomic mass is 35.5. The maximum atomic E-state index is 13.3. The zero-order valence-corrected chi connectivity index (χ0v) is 19.4. The Kier molecular flexibility index (Phi) is 6.72. The van der Waals surface area contributed by atoms with E-state index in [4.69, 9.17) is 33.7 Å². The largest absolute Gasteiger partial charge is 0.465 e. The van der Waals surface area contributed by atoms with Crippen molar-refractivity contribution in [2.75, 3.05) is 37.4 Å². The average Bonchev–Trinajstić information content (AvgIpc) is 2.83. The van der Waals surface area contributed by atoms with E-state index in [2.05, 4.69) is 9.88 Å². The minimum atomic E-state index is -0.488. The normalized spacial score (nSPS) is 15.9. The van der Waals surface area contributed by atoms with E-state index in [1.54, 1.807) is 41.4 Å². The Morgan fingerprint density at radius 3 is 2.45 bits per heavy atom. The molecule has 1 aromatic heterocycles. The monoisotopic (exact) mass is 484 g/mol. The van der Waals surface area contributed by atoms with Crippen LogP contribution in [0.15, 0.2) is 60.8 Å². The standard InChI is InChI=1S/C24H22Cl2N4O3/c1-33-24(32)17-4-2-3-16(11-17)23(31)29-9-10-30(22-20(27)12-19(26)13-28-22)21(14-29)15-5-7-18(25)8-6-15/h2-8,11-13,21H,9-10,14,27H2,1H3. The fourth-order valence-electron chi connectivity index (χ4n) is 3.96. The molecule has 2 heterocycles. The highest BCUT2D eigenvalue weighted by Gasteiger charge is 2.33. The number of nitrogens with two attached hydrogens (primary N) is 1. The Morgan fingerprint density at radius 1 is 1.03 bits per heavy atom. The average molecular weight is 485 g/mol. The highest BCUT2D eigenvalue weighted by molar-refractivity contribution is 6.31. The minimum Gasteiger partial charge on any atom is -0.465 e. The molecule has 9 heteroatoms. The number of nitrogen functional groups attached to an aromatic ring is 1. The van der Waals surface area contributed by atoms with Crippen molar-refractivity contribution in [1.29, 1.82) is 0 Å². The van der Waals surface area contributed by atoms with E-state index in [0.29, 0.717) is 52.3 Å². The number of hydrogen-bond acceptors (Lipinski definition) is 6. The van der Waals surface area contributed by atoms with Crippen molar-refractivity contribution in [2.45, 2.75) is 6.04 Å². The van der Waals surface area contributed by atoms with Gasteiger partial charge in [0.1, 0.15) is 0 Å². The maximum absolute atomic E-state index is 13.3. The third-order valence-corrected chi connectivity index (χ3v) is 6.05. The lowest BCUT2D eigenvalue weighted by atomic mass is 10.0. The van der Waals surface area contributed by atoms with Gasteiger partial charge in [0.25, 0.3) is 5.91 Å². The number of aromatic nitrogens is 1. The van der Waals surface area contributed by atoms with Crippen LogP contribution in [0.3, 0.4) is 0 Å². The SMILES string of the molecule is COC(=O)c1cccc(C(=O)N2CCN(c3ncc(Cl)cc3N)C(c3ccc(Cl)cc3)C2)c1. The number of benzene rings is 2. The molecule has 1 fully saturated rings. The third-order valence-electron chi connectivity index (χ3n) is 5.59. The molecule has 0 aliphatic carbocycles. The van der Waals surface area contributed by atoms with Gasteiger partial charge in [-0.1, -0.05) is 41.4 Å². The van der Waals surface area contributed by atoms with Gasteiger partial charge in [-0.15, -0.1) is 0 Å². The fraction of sp³-hybridized carbons (Fsp3) is 0.208. The molecule has 1 amide bonds. The number of nitrogens with zero attached hydrogens (tertiary/aromatic N) is 3. The molecule has 0 radical (unpaired) electrons. The molecular weight excluding hydrogens is 463 g/mol. The first-order chi connectivity index (χ1) is 15.9. The first kappa shape index (κ1) is 22.9. The van der Waals surface area contributed by atoms with Gasteiger partial charge in [-0.25, -0.2) is 9.78 Å². The predicted octanol–water partition coefficient (Wildman–Crippen LogP) is 4.46. The summed E-state index contributed by atoms with van der Waals surface area (Å²) >= 11 is 12.1. The molecule has 0 bridgehead atoms. The quantitative estimate of drug-likeness (QED) is 0.549. The van der Waals surface area contributed by atoms with Crippen LogP contribution >= 0.6 is 23.2 Å². The maximum Gasteiger partial charge on any atom is 0.337 e. The van der Waals surface area contributed by atoms with E-state index >= 15 is 0 Å². The Balaban J connectivity index is 1.65. The number of carbonyl (C=O) groups excluding carboxylic acids is 2. The van der Waals surface area contributed by atoms with E-state index in [-0.39, 0.29) is 11.9 Å². The number of pyridine rings is 1. The second kappa shape index (κ2) is 9.68. The highest BCUT2D eigenvalue weighted by Crippen LogP contribution is 2.34. The molecule has 2 N–H and O–H groups in total. The zero-order valence-electron chi connectivity index (χ0n) is 17.9. The lowest BCUT2D eigenvalue weighted by molar-refractivity contribution is 0.0600. The molecule has 0 spiro atoms. The van der Waals surface area contributed by atoms with Crippen molar-refractivity contribution in [2.24, 2.45) is 0 Å². The van der Waals surface area contributed by atoms with Gasteiger partial charge >= 0.3 is 5.97 Å². The van der Waals surface area contributed by atoms with Crippen molar-refractivity contribution < 1.29 is 14.3 Å². The Labute approximate surface area is 201 Å². The molecule has 1 atom stereocenters. The van der Waals surface area contributed by atoms with E-state index < -0.39 is 5.97 Å². The van der Waals surface area contributed by atoms with Crippen LogP contribution in [0.1, 0.15) is 32.3 Å². The van der Waals surface area contributed by atoms with Crippen molar-refractivity contribution in [3.63, 3.8) is 0 Å². The van der Waals surface area contributed by atoms with Gasteiger partial charge in [0.05, 0.1) is 29.4 Å². The molecule has 3 aromatic rings. The molecule has 1 unspecified atom stereocenters. The van der Waals surface area contributed by atoms with Crippen LogP contribution in [0.2, 0.25) is 10.0 Å². The first-order valence-electron chi connectivity index (χ1n) is 10.3. The molecule has 170 valence electrons. The Hall–Kier alpha value is -3.29. The number of halogens is 2. The van der Waals surface area contributed by atoms with Gasteiger partial charge in [-0.05, 0) is 42.0 Å². The van der Waals surface area contributed by atoms with Gasteiger partial charge in [0.15, 0.2) is 5.82 Å². The van der Waals surface area contributed by atoms with Gasteiger partial charge in [-0.2, -0.15) is 0 Å². The molecule has 2 aromatic carbocycles. The van der Waals surface area contributed by atoms with Gasteiger partial charge in [-0.3, -0.25) is 4.79 Å². The summed E-state index contributed by atoms with van der Waals surface area (Å²) in [7, 11) is 1.31. The van der Waals surface area contributed by atoms with Crippen LogP contribution < -0.4 is 10.6 Å². The van der Waals surface area contributed by atoms with Crippen molar-refractivity contribution >= 4 is 46.6 Å². The van der Waals surface area contributed by atoms with E-state index in [9.17, 15) is 9.59 Å². The molecule has 1 saturated heterocycles. The smallest absolute Gasteiger partial charge is 0.337 e. The third kappa shape index (κ3) is 4.89. The Bertz CT molecular complexity index is 1190. The van der Waals surface area contributed by atoms with Gasteiger partial charge in [0, 0.05) is 36.4 Å². The van der Waals surface area contributed by atoms with E-state index in [1.165, 1.54) is 7.11 Å². The summed E-state index contributed by atoms with van der Waals surface area (Å²) in [6.45, 7) is 1.36. The van der Waals surface area contributed by atoms with E-state index in [0.717, 1.165) is 5.56 Å². The van der Waals surface area contributed by atoms with E-state index in [1.807, 2.05) is 24.3 Å². The van der Waals surface area contributed by atoms with Crippen molar-refractivity contribution in [1.82, 2.24) is 9.88 Å². The summed E-state index contributed by atoms with van der Waals surface area (Å²) in [5, 5.41) is 1.08. The number of carbonyl (C=O) groups is 2. The molecule has 0 saturated carbocycles. The fourth-order valence-corrected chi connectivity index (χ4v) is 4.25. The Morgan fingerprint density at radius 2 is 1.76 bits per heavy atom. The minimum absolute atomic E-state index is 0.170. The summed E-state index contributed by atoms with van der Waals surface area (Å²) in [5.74, 6) is -0.0478. The molecule has 33 heavy (non-hydrogen) atoms. The summed E-state index contributed by atoms with van der Waals surface area (Å²) < 4.78 is 4.77. The molecule has 7 nitrogen and oxygen atoms in total. The first-order valence-corrected chi connectivity index (χ1v) is 11.0. The second-order valence-electron chi connectivity index (χ2n) is 7.65. The van der Waals surface area contributed by atoms with Gasteiger partial charge in [0.2, 0.25) is 0 Å². The number of amides is 1. The lowest BCUT2D eigenvalue weighted by Crippen LogP contribution is -2.51. The number of rotatable bonds is 4. The number of ether oxygens (including phenoxy) is 1. The molecule has 1 aliphatic heterocycles. The van der Waals surface area contributed by atoms with Gasteiger partial charge < -0.3 is 20.3 Å². The zero-order chi connectivity index (χ0) is 23.5. The number of methoxy groups -OCH3 is 1. The van der Waals surface area contributed by atoms with Crippen molar-refractivity contribution in [3.8, 4) is 0 Å². The lowest BCUT2D eigenvalue weighted by Gasteiger charge is -2.42. The number of piperazine rings is 1. The molecular formula is C24H22Cl2N4O3. The van der Waals surface area contributed by atoms with Crippen LogP contribution in [0.4, 0.5) is 11.5 Å². The number of esters is 1. The number of anilines is 2. The van der Waals surface area contributed by atoms with Crippen LogP contribution in [0.25, 0.3) is 0 Å². The summed E-state index contributed by atoms with van der Waals surface area (Å²) in [5.41, 5.74) is 8.41. The topological polar surface area (TPSA) is 88.8 Å². The summed E-state index contributed by atoms with van der Waals surface area (Å²) in [6.07, 6.45) is 1.56. The van der Waals surface area contributed by atoms with Crippen LogP contribution in [-0.4, -0.2) is 48.5 Å².